The Morgan fingerprint density at radius 2 is 0.850 bits per heavy atom. The quantitative estimate of drug-likeness (QED) is 0.334. The van der Waals surface area contributed by atoms with Crippen molar-refractivity contribution < 1.29 is 10.2 Å². The maximum Gasteiger partial charge on any atom is 0.105 e. The second-order valence-electron chi connectivity index (χ2n) is 13.7. The minimum atomic E-state index is -0.431. The number of aliphatic hydroxyl groups excluding tert-OH is 2. The lowest BCUT2D eigenvalue weighted by atomic mass is 9.86. The van der Waals surface area contributed by atoms with Crippen LogP contribution in [0, 0.1) is 10.8 Å². The van der Waals surface area contributed by atoms with Crippen LogP contribution in [-0.2, 0) is 0 Å². The topological polar surface area (TPSA) is 40.5 Å². The van der Waals surface area contributed by atoms with Gasteiger partial charge in [-0.15, -0.1) is 0 Å². The molecule has 0 heterocycles. The maximum atomic E-state index is 10.8. The van der Waals surface area contributed by atoms with Crippen LogP contribution in [0.5, 0.6) is 0 Å². The third-order valence-corrected chi connectivity index (χ3v) is 12.2. The molecule has 0 aliphatic heterocycles. The molecule has 0 bridgehead atoms. The lowest BCUT2D eigenvalue weighted by Gasteiger charge is -2.30. The number of aliphatic hydroxyl groups is 2. The molecule has 2 nitrogen and oxygen atoms in total. The van der Waals surface area contributed by atoms with Crippen molar-refractivity contribution in [3.63, 3.8) is 0 Å². The zero-order valence-electron chi connectivity index (χ0n) is 25.9. The fourth-order valence-corrected chi connectivity index (χ4v) is 9.14. The highest BCUT2D eigenvalue weighted by Gasteiger charge is 2.28. The number of rotatable bonds is 6. The summed E-state index contributed by atoms with van der Waals surface area (Å²) < 4.78 is 0. The summed E-state index contributed by atoms with van der Waals surface area (Å²) in [5.41, 5.74) is 3.65. The van der Waals surface area contributed by atoms with E-state index in [-0.39, 0.29) is 10.8 Å². The van der Waals surface area contributed by atoms with Gasteiger partial charge in [0.1, 0.15) is 12.2 Å². The molecule has 0 radical (unpaired) electrons. The highest BCUT2D eigenvalue weighted by Crippen LogP contribution is 2.38. The van der Waals surface area contributed by atoms with Gasteiger partial charge in [-0.05, 0) is 58.2 Å². The molecule has 4 heteroatoms. The van der Waals surface area contributed by atoms with Crippen molar-refractivity contribution in [2.24, 2.45) is 10.8 Å². The SMILES string of the molecule is CC(C)(C)C(=PC1CCCCC1)[C@H](O)c1ccccc1.CC(C)(C)C(=PC1CCCCC1)[C@H](O)c1ccccc1. The lowest BCUT2D eigenvalue weighted by Crippen LogP contribution is -2.26. The van der Waals surface area contributed by atoms with E-state index in [1.54, 1.807) is 0 Å². The minimum Gasteiger partial charge on any atom is -0.384 e. The van der Waals surface area contributed by atoms with Crippen LogP contribution < -0.4 is 0 Å². The van der Waals surface area contributed by atoms with Crippen molar-refractivity contribution in [3.8, 4) is 0 Å². The molecule has 2 aliphatic carbocycles. The molecule has 2 atom stereocenters. The fourth-order valence-electron chi connectivity index (χ4n) is 5.75. The summed E-state index contributed by atoms with van der Waals surface area (Å²) in [6, 6.07) is 20.2. The van der Waals surface area contributed by atoms with Gasteiger partial charge < -0.3 is 10.2 Å². The van der Waals surface area contributed by atoms with E-state index in [1.807, 2.05) is 60.7 Å². The van der Waals surface area contributed by atoms with Crippen molar-refractivity contribution in [1.29, 1.82) is 0 Å². The van der Waals surface area contributed by atoms with Gasteiger partial charge in [0.15, 0.2) is 0 Å². The molecule has 220 valence electrons. The summed E-state index contributed by atoms with van der Waals surface area (Å²) >= 11 is 0. The van der Waals surface area contributed by atoms with Crippen LogP contribution in [0.2, 0.25) is 0 Å². The summed E-state index contributed by atoms with van der Waals surface area (Å²) in [7, 11) is 2.74. The number of hydrogen-bond donors (Lipinski definition) is 2. The Morgan fingerprint density at radius 3 is 1.12 bits per heavy atom. The van der Waals surface area contributed by atoms with E-state index in [2.05, 4.69) is 41.5 Å². The van der Waals surface area contributed by atoms with Crippen LogP contribution in [0.3, 0.4) is 0 Å². The van der Waals surface area contributed by atoms with Crippen LogP contribution in [0.25, 0.3) is 0 Å². The zero-order valence-corrected chi connectivity index (χ0v) is 27.7. The lowest BCUT2D eigenvalue weighted by molar-refractivity contribution is 0.238. The van der Waals surface area contributed by atoms with Gasteiger partial charge in [-0.1, -0.05) is 157 Å². The first kappa shape index (κ1) is 33.2. The first-order valence-corrected chi connectivity index (χ1v) is 17.5. The minimum absolute atomic E-state index is 0.0499. The Hall–Kier alpha value is -1.30. The van der Waals surface area contributed by atoms with Gasteiger partial charge in [0, 0.05) is 11.3 Å². The van der Waals surface area contributed by atoms with Crippen LogP contribution in [0.1, 0.15) is 129 Å². The monoisotopic (exact) mass is 580 g/mol. The zero-order chi connectivity index (χ0) is 29.2. The summed E-state index contributed by atoms with van der Waals surface area (Å²) in [6.07, 6.45) is 12.6. The molecule has 0 saturated heterocycles. The normalized spacial score (nSPS) is 19.9. The third kappa shape index (κ3) is 10.5. The molecule has 4 rings (SSSR count). The second-order valence-corrected chi connectivity index (χ2v) is 16.7. The first-order chi connectivity index (χ1) is 19.0. The van der Waals surface area contributed by atoms with E-state index in [0.29, 0.717) is 0 Å². The molecular weight excluding hydrogens is 526 g/mol. The molecule has 40 heavy (non-hydrogen) atoms. The molecule has 2 saturated carbocycles. The molecule has 2 fully saturated rings. The number of benzene rings is 2. The van der Waals surface area contributed by atoms with Crippen molar-refractivity contribution in [1.82, 2.24) is 0 Å². The van der Waals surface area contributed by atoms with Crippen molar-refractivity contribution in [2.45, 2.75) is 129 Å². The summed E-state index contributed by atoms with van der Waals surface area (Å²) in [5, 5.41) is 24.2. The average molecular weight is 581 g/mol. The standard InChI is InChI=1S/2C18H27OP/c2*1-18(2,3)17(20-15-12-8-5-9-13-15)16(19)14-10-6-4-7-11-14/h2*4,6-7,10-11,15-16,19H,5,8-9,12-13H2,1-3H3/t2*16-/m11/s1. The fraction of sp³-hybridized carbons (Fsp3) is 0.611. The van der Waals surface area contributed by atoms with Gasteiger partial charge in [-0.25, -0.2) is 0 Å². The molecule has 0 spiro atoms. The Bertz CT molecular complexity index is 964. The van der Waals surface area contributed by atoms with E-state index < -0.39 is 12.2 Å². The van der Waals surface area contributed by atoms with Gasteiger partial charge in [-0.2, -0.15) is 0 Å². The molecule has 2 N–H and O–H groups in total. The molecule has 2 aliphatic rings. The smallest absolute Gasteiger partial charge is 0.105 e. The van der Waals surface area contributed by atoms with Gasteiger partial charge in [-0.3, -0.25) is 0 Å². The van der Waals surface area contributed by atoms with Crippen LogP contribution in [-0.4, -0.2) is 32.1 Å². The van der Waals surface area contributed by atoms with Crippen LogP contribution in [0.4, 0.5) is 0 Å². The highest BCUT2D eigenvalue weighted by molar-refractivity contribution is 7.42. The summed E-state index contributed by atoms with van der Waals surface area (Å²) in [4.78, 5) is 0. The highest BCUT2D eigenvalue weighted by atomic mass is 31.1. The largest absolute Gasteiger partial charge is 0.384 e. The molecule has 0 aromatic heterocycles. The van der Waals surface area contributed by atoms with E-state index in [1.165, 1.54) is 91.2 Å². The van der Waals surface area contributed by atoms with Gasteiger partial charge in [0.2, 0.25) is 0 Å². The molecular formula is C36H54O2P2. The Kier molecular flexibility index (Phi) is 13.1. The number of hydrogen-bond acceptors (Lipinski definition) is 2. The Morgan fingerprint density at radius 1 is 0.550 bits per heavy atom. The van der Waals surface area contributed by atoms with Crippen LogP contribution in [0.15, 0.2) is 60.7 Å². The molecule has 0 amide bonds. The predicted molar refractivity (Wildman–Crippen MR) is 179 cm³/mol. The van der Waals surface area contributed by atoms with Gasteiger partial charge >= 0.3 is 0 Å². The Labute approximate surface area is 248 Å². The van der Waals surface area contributed by atoms with Crippen molar-refractivity contribution >= 4 is 27.0 Å². The van der Waals surface area contributed by atoms with Gasteiger partial charge in [0.05, 0.1) is 0 Å². The van der Waals surface area contributed by atoms with E-state index >= 15 is 0 Å². The predicted octanol–water partition coefficient (Wildman–Crippen LogP) is 10.4. The molecule has 2 aromatic carbocycles. The van der Waals surface area contributed by atoms with E-state index in [9.17, 15) is 10.2 Å². The van der Waals surface area contributed by atoms with Crippen molar-refractivity contribution in [3.05, 3.63) is 71.8 Å². The maximum absolute atomic E-state index is 10.8. The second kappa shape index (κ2) is 15.8. The van der Waals surface area contributed by atoms with Crippen LogP contribution >= 0.6 is 16.4 Å². The average Bonchev–Trinajstić information content (AvgIpc) is 2.95. The molecule has 2 aromatic rings. The van der Waals surface area contributed by atoms with Crippen molar-refractivity contribution in [2.75, 3.05) is 0 Å². The third-order valence-electron chi connectivity index (χ3n) is 8.08. The van der Waals surface area contributed by atoms with Gasteiger partial charge in [0.25, 0.3) is 0 Å². The summed E-state index contributed by atoms with van der Waals surface area (Å²) in [5.74, 6) is 0. The molecule has 0 unspecified atom stereocenters. The van der Waals surface area contributed by atoms with E-state index in [4.69, 9.17) is 0 Å². The summed E-state index contributed by atoms with van der Waals surface area (Å²) in [6.45, 7) is 13.4. The Balaban J connectivity index is 0.000000220. The van der Waals surface area contributed by atoms with E-state index in [0.717, 1.165) is 22.4 Å². The first-order valence-electron chi connectivity index (χ1n) is 15.6.